The number of rotatable bonds is 6. The molecule has 4 heteroatoms. The summed E-state index contributed by atoms with van der Waals surface area (Å²) < 4.78 is 0. The minimum absolute atomic E-state index is 0.0925. The summed E-state index contributed by atoms with van der Waals surface area (Å²) in [6.45, 7) is 7.63. The first-order valence-corrected chi connectivity index (χ1v) is 5.36. The second-order valence-electron chi connectivity index (χ2n) is 3.30. The molecule has 0 aromatic carbocycles. The molecule has 2 amide bonds. The van der Waals surface area contributed by atoms with E-state index in [0.29, 0.717) is 19.6 Å². The molecule has 1 unspecified atom stereocenters. The van der Waals surface area contributed by atoms with Gasteiger partial charge in [0.1, 0.15) is 0 Å². The Morgan fingerprint density at radius 2 is 1.93 bits per heavy atom. The highest BCUT2D eigenvalue weighted by Crippen LogP contribution is 1.95. The van der Waals surface area contributed by atoms with Crippen LogP contribution in [-0.4, -0.2) is 41.8 Å². The molecule has 14 heavy (non-hydrogen) atoms. The van der Waals surface area contributed by atoms with Gasteiger partial charge in [-0.3, -0.25) is 0 Å². The van der Waals surface area contributed by atoms with Crippen LogP contribution < -0.4 is 5.32 Å². The van der Waals surface area contributed by atoms with E-state index in [1.165, 1.54) is 0 Å². The van der Waals surface area contributed by atoms with E-state index in [1.54, 1.807) is 4.90 Å². The Kier molecular flexibility index (Phi) is 7.20. The average molecular weight is 202 g/mol. The van der Waals surface area contributed by atoms with Gasteiger partial charge in [0.2, 0.25) is 0 Å². The average Bonchev–Trinajstić information content (AvgIpc) is 2.17. The molecule has 0 saturated carbocycles. The molecule has 0 bridgehead atoms. The zero-order valence-electron chi connectivity index (χ0n) is 9.42. The summed E-state index contributed by atoms with van der Waals surface area (Å²) in [6.07, 6.45) is 1.25. The van der Waals surface area contributed by atoms with Gasteiger partial charge in [-0.2, -0.15) is 0 Å². The van der Waals surface area contributed by atoms with Crippen LogP contribution in [-0.2, 0) is 0 Å². The van der Waals surface area contributed by atoms with Gasteiger partial charge in [0.05, 0.1) is 6.10 Å². The molecular formula is C10H22N2O2. The second kappa shape index (κ2) is 7.62. The molecule has 0 aromatic rings. The Balaban J connectivity index is 3.71. The van der Waals surface area contributed by atoms with Gasteiger partial charge in [-0.1, -0.05) is 13.3 Å². The molecule has 0 radical (unpaired) electrons. The van der Waals surface area contributed by atoms with E-state index in [9.17, 15) is 9.90 Å². The molecular weight excluding hydrogens is 180 g/mol. The molecule has 0 saturated heterocycles. The van der Waals surface area contributed by atoms with Crippen LogP contribution in [0.4, 0.5) is 4.79 Å². The summed E-state index contributed by atoms with van der Waals surface area (Å²) in [5, 5.41) is 12.1. The Bertz CT molecular complexity index is 158. The fraction of sp³-hybridized carbons (Fsp3) is 0.900. The van der Waals surface area contributed by atoms with Gasteiger partial charge in [0.25, 0.3) is 0 Å². The van der Waals surface area contributed by atoms with Crippen LogP contribution in [0.1, 0.15) is 33.6 Å². The van der Waals surface area contributed by atoms with Crippen LogP contribution in [0.2, 0.25) is 0 Å². The summed E-state index contributed by atoms with van der Waals surface area (Å²) in [5.74, 6) is 0. The van der Waals surface area contributed by atoms with Gasteiger partial charge in [-0.15, -0.1) is 0 Å². The summed E-state index contributed by atoms with van der Waals surface area (Å²) in [4.78, 5) is 13.1. The van der Waals surface area contributed by atoms with E-state index in [-0.39, 0.29) is 6.03 Å². The van der Waals surface area contributed by atoms with Crippen LogP contribution in [0.3, 0.4) is 0 Å². The van der Waals surface area contributed by atoms with Crippen molar-refractivity contribution in [3.8, 4) is 0 Å². The zero-order valence-corrected chi connectivity index (χ0v) is 9.42. The summed E-state index contributed by atoms with van der Waals surface area (Å²) in [5.41, 5.74) is 0. The van der Waals surface area contributed by atoms with E-state index in [1.807, 2.05) is 20.8 Å². The van der Waals surface area contributed by atoms with Crippen molar-refractivity contribution in [3.63, 3.8) is 0 Å². The maximum absolute atomic E-state index is 11.4. The lowest BCUT2D eigenvalue weighted by atomic mass is 10.2. The fourth-order valence-corrected chi connectivity index (χ4v) is 1.26. The third-order valence-electron chi connectivity index (χ3n) is 2.16. The monoisotopic (exact) mass is 202 g/mol. The molecule has 0 aliphatic rings. The molecule has 0 spiro atoms. The van der Waals surface area contributed by atoms with E-state index in [4.69, 9.17) is 0 Å². The van der Waals surface area contributed by atoms with Crippen molar-refractivity contribution in [1.29, 1.82) is 0 Å². The Hall–Kier alpha value is -0.770. The Morgan fingerprint density at radius 3 is 2.36 bits per heavy atom. The topological polar surface area (TPSA) is 52.6 Å². The van der Waals surface area contributed by atoms with Crippen molar-refractivity contribution in [2.45, 2.75) is 39.7 Å². The normalized spacial score (nSPS) is 12.3. The van der Waals surface area contributed by atoms with E-state index in [0.717, 1.165) is 12.8 Å². The first kappa shape index (κ1) is 13.2. The predicted octanol–water partition coefficient (Wildman–Crippen LogP) is 1.20. The minimum Gasteiger partial charge on any atom is -0.391 e. The maximum Gasteiger partial charge on any atom is 0.317 e. The standard InChI is InChI=1S/C10H22N2O2/c1-4-7-9(13)8-11-10(14)12(5-2)6-3/h9,13H,4-8H2,1-3H3,(H,11,14). The van der Waals surface area contributed by atoms with E-state index in [2.05, 4.69) is 5.32 Å². The molecule has 0 aliphatic heterocycles. The smallest absolute Gasteiger partial charge is 0.317 e. The molecule has 0 heterocycles. The third-order valence-corrected chi connectivity index (χ3v) is 2.16. The highest BCUT2D eigenvalue weighted by molar-refractivity contribution is 5.74. The lowest BCUT2D eigenvalue weighted by Crippen LogP contribution is -2.42. The molecule has 0 aromatic heterocycles. The Morgan fingerprint density at radius 1 is 1.36 bits per heavy atom. The molecule has 0 aliphatic carbocycles. The first-order chi connectivity index (χ1) is 6.65. The van der Waals surface area contributed by atoms with Gasteiger partial charge in [0.15, 0.2) is 0 Å². The van der Waals surface area contributed by atoms with Crippen molar-refractivity contribution in [2.75, 3.05) is 19.6 Å². The lowest BCUT2D eigenvalue weighted by Gasteiger charge is -2.20. The van der Waals surface area contributed by atoms with Crippen LogP contribution in [0.15, 0.2) is 0 Å². The number of carbonyl (C=O) groups excluding carboxylic acids is 1. The largest absolute Gasteiger partial charge is 0.391 e. The number of nitrogens with zero attached hydrogens (tertiary/aromatic N) is 1. The number of aliphatic hydroxyl groups is 1. The third kappa shape index (κ3) is 5.07. The van der Waals surface area contributed by atoms with Crippen LogP contribution in [0, 0.1) is 0 Å². The zero-order chi connectivity index (χ0) is 11.0. The van der Waals surface area contributed by atoms with Gasteiger partial charge in [-0.25, -0.2) is 4.79 Å². The SMILES string of the molecule is CCCC(O)CNC(=O)N(CC)CC. The van der Waals surface area contributed by atoms with Gasteiger partial charge in [0, 0.05) is 19.6 Å². The van der Waals surface area contributed by atoms with Crippen molar-refractivity contribution in [1.82, 2.24) is 10.2 Å². The number of hydrogen-bond donors (Lipinski definition) is 2. The van der Waals surface area contributed by atoms with Crippen molar-refractivity contribution < 1.29 is 9.90 Å². The number of carbonyl (C=O) groups is 1. The number of nitrogens with one attached hydrogen (secondary N) is 1. The summed E-state index contributed by atoms with van der Waals surface area (Å²) >= 11 is 0. The number of aliphatic hydroxyl groups excluding tert-OH is 1. The van der Waals surface area contributed by atoms with E-state index >= 15 is 0 Å². The Labute approximate surface area is 86.3 Å². The molecule has 4 nitrogen and oxygen atoms in total. The van der Waals surface area contributed by atoms with Gasteiger partial charge in [-0.05, 0) is 20.3 Å². The van der Waals surface area contributed by atoms with Crippen molar-refractivity contribution in [3.05, 3.63) is 0 Å². The van der Waals surface area contributed by atoms with Crippen LogP contribution in [0.25, 0.3) is 0 Å². The lowest BCUT2D eigenvalue weighted by molar-refractivity contribution is 0.153. The van der Waals surface area contributed by atoms with E-state index < -0.39 is 6.10 Å². The molecule has 0 fully saturated rings. The predicted molar refractivity (Wildman–Crippen MR) is 57.2 cm³/mol. The van der Waals surface area contributed by atoms with Gasteiger partial charge >= 0.3 is 6.03 Å². The molecule has 84 valence electrons. The highest BCUT2D eigenvalue weighted by Gasteiger charge is 2.10. The van der Waals surface area contributed by atoms with Crippen molar-refractivity contribution in [2.24, 2.45) is 0 Å². The summed E-state index contributed by atoms with van der Waals surface area (Å²) in [7, 11) is 0. The molecule has 0 rings (SSSR count). The first-order valence-electron chi connectivity index (χ1n) is 5.36. The fourth-order valence-electron chi connectivity index (χ4n) is 1.26. The van der Waals surface area contributed by atoms with Crippen molar-refractivity contribution >= 4 is 6.03 Å². The second-order valence-corrected chi connectivity index (χ2v) is 3.30. The molecule has 1 atom stereocenters. The maximum atomic E-state index is 11.4. The highest BCUT2D eigenvalue weighted by atomic mass is 16.3. The van der Waals surface area contributed by atoms with Gasteiger partial charge < -0.3 is 15.3 Å². The minimum atomic E-state index is -0.417. The number of amides is 2. The number of urea groups is 1. The van der Waals surface area contributed by atoms with Crippen LogP contribution >= 0.6 is 0 Å². The number of hydrogen-bond acceptors (Lipinski definition) is 2. The quantitative estimate of drug-likeness (QED) is 0.680. The van der Waals surface area contributed by atoms with Crippen LogP contribution in [0.5, 0.6) is 0 Å². The molecule has 2 N–H and O–H groups in total. The summed E-state index contributed by atoms with van der Waals surface area (Å²) in [6, 6.07) is -0.0925.